The topological polar surface area (TPSA) is 124 Å². The molecule has 0 fully saturated rings. The molecule has 0 amide bonds. The van der Waals surface area contributed by atoms with Crippen LogP contribution in [0.25, 0.3) is 0 Å². The van der Waals surface area contributed by atoms with Crippen LogP contribution in [-0.4, -0.2) is 63.7 Å². The molecule has 160 valence electrons. The molecule has 4 atom stereocenters. The zero-order valence-corrected chi connectivity index (χ0v) is 16.6. The molecule has 7 nitrogen and oxygen atoms in total. The molecule has 0 aliphatic rings. The van der Waals surface area contributed by atoms with Crippen molar-refractivity contribution in [3.8, 4) is 0 Å². The summed E-state index contributed by atoms with van der Waals surface area (Å²) in [5.41, 5.74) is 0. The molecule has 27 heavy (non-hydrogen) atoms. The van der Waals surface area contributed by atoms with Crippen molar-refractivity contribution in [3.63, 3.8) is 0 Å². The minimum atomic E-state index is -1.83. The fraction of sp³-hybridized carbons (Fsp3) is 0.900. The van der Waals surface area contributed by atoms with Crippen LogP contribution >= 0.6 is 0 Å². The van der Waals surface area contributed by atoms with E-state index >= 15 is 0 Å². The first-order chi connectivity index (χ1) is 12.9. The van der Waals surface area contributed by atoms with Gasteiger partial charge in [-0.1, -0.05) is 71.1 Å². The molecule has 0 saturated heterocycles. The van der Waals surface area contributed by atoms with E-state index in [1.165, 1.54) is 51.4 Å². The third-order valence-corrected chi connectivity index (χ3v) is 4.63. The molecule has 0 bridgehead atoms. The lowest BCUT2D eigenvalue weighted by molar-refractivity contribution is -0.156. The number of hydrogen-bond acceptors (Lipinski definition) is 7. The lowest BCUT2D eigenvalue weighted by atomic mass is 10.0. The molecule has 0 heterocycles. The van der Waals surface area contributed by atoms with Crippen LogP contribution in [-0.2, 0) is 14.3 Å². The van der Waals surface area contributed by atoms with Crippen LogP contribution in [0.15, 0.2) is 0 Å². The highest BCUT2D eigenvalue weighted by atomic mass is 16.5. The highest BCUT2D eigenvalue weighted by Crippen LogP contribution is 2.12. The zero-order chi connectivity index (χ0) is 20.5. The van der Waals surface area contributed by atoms with Crippen LogP contribution in [0.3, 0.4) is 0 Å². The average molecular weight is 391 g/mol. The predicted molar refractivity (Wildman–Crippen MR) is 102 cm³/mol. The van der Waals surface area contributed by atoms with Gasteiger partial charge in [-0.3, -0.25) is 4.79 Å². The first-order valence-electron chi connectivity index (χ1n) is 10.3. The van der Waals surface area contributed by atoms with E-state index in [1.54, 1.807) is 0 Å². The number of carbonyl (C=O) groups is 2. The Morgan fingerprint density at radius 3 is 1.78 bits per heavy atom. The Balaban J connectivity index is 3.60. The smallest absolute Gasteiger partial charge is 0.305 e. The second-order valence-electron chi connectivity index (χ2n) is 7.14. The van der Waals surface area contributed by atoms with Crippen molar-refractivity contribution in [3.05, 3.63) is 0 Å². The van der Waals surface area contributed by atoms with Gasteiger partial charge >= 0.3 is 5.97 Å². The van der Waals surface area contributed by atoms with Gasteiger partial charge < -0.3 is 30.0 Å². The van der Waals surface area contributed by atoms with Crippen molar-refractivity contribution in [2.45, 2.75) is 108 Å². The first-order valence-corrected chi connectivity index (χ1v) is 10.3. The molecule has 0 aromatic carbocycles. The Morgan fingerprint density at radius 1 is 0.815 bits per heavy atom. The Hall–Kier alpha value is -1.02. The minimum absolute atomic E-state index is 0.0546. The summed E-state index contributed by atoms with van der Waals surface area (Å²) in [6, 6.07) is 0. The molecular weight excluding hydrogens is 352 g/mol. The van der Waals surface area contributed by atoms with E-state index in [2.05, 4.69) is 6.92 Å². The van der Waals surface area contributed by atoms with Crippen molar-refractivity contribution in [2.24, 2.45) is 0 Å². The number of aliphatic hydroxyl groups is 4. The number of rotatable bonds is 18. The number of esters is 1. The molecule has 0 radical (unpaired) electrons. The third-order valence-electron chi connectivity index (χ3n) is 4.63. The van der Waals surface area contributed by atoms with Crippen molar-refractivity contribution in [2.75, 3.05) is 6.61 Å². The number of aldehydes is 1. The van der Waals surface area contributed by atoms with Gasteiger partial charge in [0.2, 0.25) is 0 Å². The van der Waals surface area contributed by atoms with E-state index in [4.69, 9.17) is 9.84 Å². The van der Waals surface area contributed by atoms with E-state index in [-0.39, 0.29) is 12.7 Å². The van der Waals surface area contributed by atoms with Gasteiger partial charge in [0, 0.05) is 6.42 Å². The summed E-state index contributed by atoms with van der Waals surface area (Å²) >= 11 is 0. The normalized spacial score (nSPS) is 15.7. The van der Waals surface area contributed by atoms with Crippen molar-refractivity contribution >= 4 is 12.3 Å². The van der Waals surface area contributed by atoms with Gasteiger partial charge in [-0.2, -0.15) is 0 Å². The standard InChI is InChI=1S/C20H38O7/c1-2-3-4-5-6-7-8-9-10-11-12-13-18(24)27-15-17(23)20(26)19(25)16(22)14-21/h14,16-17,19-20,22-23,25-26H,2-13,15H2,1H3/t16-,17-,19-,20-/m0/s1. The molecule has 7 heteroatoms. The molecule has 0 aromatic heterocycles. The number of ether oxygens (including phenoxy) is 1. The summed E-state index contributed by atoms with van der Waals surface area (Å²) in [6.45, 7) is 1.72. The molecule has 0 rings (SSSR count). The van der Waals surface area contributed by atoms with E-state index in [0.717, 1.165) is 12.8 Å². The van der Waals surface area contributed by atoms with Crippen LogP contribution in [0.2, 0.25) is 0 Å². The van der Waals surface area contributed by atoms with E-state index < -0.39 is 37.0 Å². The molecule has 0 aromatic rings. The van der Waals surface area contributed by atoms with Crippen LogP contribution in [0.4, 0.5) is 0 Å². The molecule has 0 aliphatic heterocycles. The number of carbonyl (C=O) groups excluding carboxylic acids is 2. The van der Waals surface area contributed by atoms with Gasteiger partial charge in [0.05, 0.1) is 0 Å². The summed E-state index contributed by atoms with van der Waals surface area (Å²) in [6.07, 6.45) is 6.28. The molecular formula is C20H38O7. The second kappa shape index (κ2) is 17.1. The summed E-state index contributed by atoms with van der Waals surface area (Å²) < 4.78 is 4.85. The van der Waals surface area contributed by atoms with E-state index in [9.17, 15) is 24.9 Å². The van der Waals surface area contributed by atoms with Gasteiger partial charge in [0.25, 0.3) is 0 Å². The average Bonchev–Trinajstić information content (AvgIpc) is 2.68. The third kappa shape index (κ3) is 13.7. The fourth-order valence-corrected chi connectivity index (χ4v) is 2.79. The summed E-state index contributed by atoms with van der Waals surface area (Å²) in [5.74, 6) is -0.484. The minimum Gasteiger partial charge on any atom is -0.463 e. The Labute approximate surface area is 162 Å². The molecule has 0 unspecified atom stereocenters. The van der Waals surface area contributed by atoms with E-state index in [0.29, 0.717) is 6.42 Å². The largest absolute Gasteiger partial charge is 0.463 e. The van der Waals surface area contributed by atoms with Crippen LogP contribution in [0.1, 0.15) is 84.0 Å². The first kappa shape index (κ1) is 26.0. The van der Waals surface area contributed by atoms with Crippen molar-refractivity contribution < 1.29 is 34.8 Å². The molecule has 0 saturated carbocycles. The van der Waals surface area contributed by atoms with Gasteiger partial charge in [-0.15, -0.1) is 0 Å². The maximum Gasteiger partial charge on any atom is 0.305 e. The monoisotopic (exact) mass is 390 g/mol. The summed E-state index contributed by atoms with van der Waals surface area (Å²) in [4.78, 5) is 21.9. The molecule has 4 N–H and O–H groups in total. The van der Waals surface area contributed by atoms with Crippen molar-refractivity contribution in [1.82, 2.24) is 0 Å². The van der Waals surface area contributed by atoms with Gasteiger partial charge in [0.15, 0.2) is 6.29 Å². The number of unbranched alkanes of at least 4 members (excludes halogenated alkanes) is 10. The highest BCUT2D eigenvalue weighted by Gasteiger charge is 2.30. The lowest BCUT2D eigenvalue weighted by Crippen LogP contribution is -2.46. The SMILES string of the molecule is CCCCCCCCCCCCCC(=O)OC[C@H](O)[C@H](O)[C@@H](O)[C@@H](O)C=O. The lowest BCUT2D eigenvalue weighted by Gasteiger charge is -2.23. The Bertz CT molecular complexity index is 375. The van der Waals surface area contributed by atoms with Gasteiger partial charge in [-0.05, 0) is 6.42 Å². The maximum atomic E-state index is 11.6. The number of hydrogen-bond donors (Lipinski definition) is 4. The fourth-order valence-electron chi connectivity index (χ4n) is 2.79. The molecule has 0 spiro atoms. The van der Waals surface area contributed by atoms with Crippen LogP contribution in [0, 0.1) is 0 Å². The zero-order valence-electron chi connectivity index (χ0n) is 16.6. The van der Waals surface area contributed by atoms with Crippen molar-refractivity contribution in [1.29, 1.82) is 0 Å². The molecule has 0 aliphatic carbocycles. The Morgan fingerprint density at radius 2 is 1.30 bits per heavy atom. The second-order valence-corrected chi connectivity index (χ2v) is 7.14. The maximum absolute atomic E-state index is 11.6. The van der Waals surface area contributed by atoms with Gasteiger partial charge in [0.1, 0.15) is 31.0 Å². The summed E-state index contributed by atoms with van der Waals surface area (Å²) in [7, 11) is 0. The van der Waals surface area contributed by atoms with Crippen LogP contribution < -0.4 is 0 Å². The van der Waals surface area contributed by atoms with E-state index in [1.807, 2.05) is 0 Å². The summed E-state index contributed by atoms with van der Waals surface area (Å²) in [5, 5.41) is 37.7. The highest BCUT2D eigenvalue weighted by molar-refractivity contribution is 5.69. The van der Waals surface area contributed by atoms with Gasteiger partial charge in [-0.25, -0.2) is 0 Å². The predicted octanol–water partition coefficient (Wildman–Crippen LogP) is 1.87. The number of aliphatic hydroxyl groups excluding tert-OH is 4. The van der Waals surface area contributed by atoms with Crippen LogP contribution in [0.5, 0.6) is 0 Å². The Kier molecular flexibility index (Phi) is 16.5. The quantitative estimate of drug-likeness (QED) is 0.160.